The quantitative estimate of drug-likeness (QED) is 0.440. The van der Waals surface area contributed by atoms with Crippen LogP contribution in [-0.4, -0.2) is 69.6 Å². The third-order valence-electron chi connectivity index (χ3n) is 6.93. The van der Waals surface area contributed by atoms with Crippen molar-refractivity contribution in [2.24, 2.45) is 0 Å². The molecule has 1 aromatic heterocycles. The molecule has 198 valence electrons. The van der Waals surface area contributed by atoms with Crippen molar-refractivity contribution in [3.63, 3.8) is 0 Å². The number of piperazine rings is 1. The van der Waals surface area contributed by atoms with Gasteiger partial charge in [-0.15, -0.1) is 0 Å². The van der Waals surface area contributed by atoms with Gasteiger partial charge in [0, 0.05) is 48.6 Å². The number of rotatable bonds is 4. The second-order valence-electron chi connectivity index (χ2n) is 10.7. The summed E-state index contributed by atoms with van der Waals surface area (Å²) in [5.74, 6) is 0.766. The molecule has 2 aliphatic rings. The number of aromatic nitrogens is 2. The molecule has 0 N–H and O–H groups in total. The number of carbonyl (C=O) groups excluding carboxylic acids is 1. The summed E-state index contributed by atoms with van der Waals surface area (Å²) >= 11 is -1.35. The lowest BCUT2D eigenvalue weighted by Crippen LogP contribution is -2.56. The van der Waals surface area contributed by atoms with Crippen LogP contribution in [0.25, 0.3) is 0 Å². The maximum Gasteiger partial charge on any atom is 0.410 e. The fourth-order valence-electron chi connectivity index (χ4n) is 4.95. The van der Waals surface area contributed by atoms with Crippen LogP contribution in [0.1, 0.15) is 49.6 Å². The molecule has 4 rings (SSSR count). The van der Waals surface area contributed by atoms with Gasteiger partial charge in [-0.1, -0.05) is 12.1 Å². The van der Waals surface area contributed by atoms with Crippen LogP contribution in [0, 0.1) is 25.2 Å². The maximum atomic E-state index is 12.8. The zero-order valence-corrected chi connectivity index (χ0v) is 23.4. The second-order valence-corrected chi connectivity index (χ2v) is 12.0. The second kappa shape index (κ2) is 10.8. The van der Waals surface area contributed by atoms with Crippen molar-refractivity contribution < 1.29 is 14.1 Å². The molecule has 1 aromatic carbocycles. The summed E-state index contributed by atoms with van der Waals surface area (Å²) in [4.78, 5) is 28.4. The van der Waals surface area contributed by atoms with Gasteiger partial charge in [-0.05, 0) is 58.2 Å². The number of carbonyl (C=O) groups is 1. The highest BCUT2D eigenvalue weighted by molar-refractivity contribution is 7.90. The Morgan fingerprint density at radius 2 is 1.97 bits per heavy atom. The lowest BCUT2D eigenvalue weighted by Gasteiger charge is -2.42. The Morgan fingerprint density at radius 1 is 1.22 bits per heavy atom. The number of benzene rings is 1. The van der Waals surface area contributed by atoms with Gasteiger partial charge >= 0.3 is 11.2 Å². The van der Waals surface area contributed by atoms with E-state index in [1.54, 1.807) is 11.2 Å². The highest BCUT2D eigenvalue weighted by atomic mass is 32.2. The van der Waals surface area contributed by atoms with Gasteiger partial charge in [-0.2, -0.15) is 15.2 Å². The monoisotopic (exact) mass is 524 g/mol. The van der Waals surface area contributed by atoms with Gasteiger partial charge in [0.1, 0.15) is 17.7 Å². The number of aryl methyl sites for hydroxylation is 1. The fraction of sp³-hybridized carbons (Fsp3) is 0.556. The summed E-state index contributed by atoms with van der Waals surface area (Å²) in [5.41, 5.74) is 5.00. The van der Waals surface area contributed by atoms with E-state index in [0.717, 1.165) is 30.0 Å². The number of amides is 1. The van der Waals surface area contributed by atoms with Crippen LogP contribution in [0.2, 0.25) is 0 Å². The SMILES string of the molecule is Cc1cccc(N2CCc3c(nc([S+](C)[O-])nc3N3CCN(C(=O)OC(C)(C)C)[C@@H](CC#N)C3)C2)c1C. The highest BCUT2D eigenvalue weighted by Gasteiger charge is 2.36. The van der Waals surface area contributed by atoms with Crippen molar-refractivity contribution in [2.75, 3.05) is 42.2 Å². The molecular formula is C27H36N6O3S. The van der Waals surface area contributed by atoms with E-state index in [0.29, 0.717) is 31.3 Å². The molecule has 1 unspecified atom stereocenters. The van der Waals surface area contributed by atoms with E-state index in [2.05, 4.69) is 47.9 Å². The predicted octanol–water partition coefficient (Wildman–Crippen LogP) is 3.73. The molecule has 10 heteroatoms. The van der Waals surface area contributed by atoms with Gasteiger partial charge in [0.2, 0.25) is 0 Å². The summed E-state index contributed by atoms with van der Waals surface area (Å²) in [7, 11) is 0. The van der Waals surface area contributed by atoms with Crippen LogP contribution < -0.4 is 9.80 Å². The largest absolute Gasteiger partial charge is 0.609 e. The normalized spacial score (nSPS) is 18.8. The minimum Gasteiger partial charge on any atom is -0.609 e. The minimum absolute atomic E-state index is 0.190. The lowest BCUT2D eigenvalue weighted by molar-refractivity contribution is 0.0144. The highest BCUT2D eigenvalue weighted by Crippen LogP contribution is 2.33. The van der Waals surface area contributed by atoms with Crippen LogP contribution in [0.3, 0.4) is 0 Å². The van der Waals surface area contributed by atoms with Gasteiger partial charge in [-0.3, -0.25) is 0 Å². The van der Waals surface area contributed by atoms with Crippen LogP contribution in [-0.2, 0) is 28.9 Å². The molecule has 0 aliphatic carbocycles. The Labute approximate surface area is 222 Å². The number of hydrogen-bond acceptors (Lipinski definition) is 8. The Balaban J connectivity index is 1.64. The molecule has 9 nitrogen and oxygen atoms in total. The van der Waals surface area contributed by atoms with Crippen molar-refractivity contribution >= 4 is 28.8 Å². The smallest absolute Gasteiger partial charge is 0.410 e. The van der Waals surface area contributed by atoms with E-state index >= 15 is 0 Å². The molecule has 0 saturated carbocycles. The van der Waals surface area contributed by atoms with Crippen LogP contribution >= 0.6 is 0 Å². The number of ether oxygens (including phenoxy) is 1. The summed E-state index contributed by atoms with van der Waals surface area (Å²) in [6, 6.07) is 8.21. The van der Waals surface area contributed by atoms with Crippen molar-refractivity contribution in [3.05, 3.63) is 40.6 Å². The van der Waals surface area contributed by atoms with Crippen LogP contribution in [0.15, 0.2) is 23.4 Å². The van der Waals surface area contributed by atoms with Gasteiger partial charge in [0.05, 0.1) is 30.8 Å². The Kier molecular flexibility index (Phi) is 7.85. The van der Waals surface area contributed by atoms with Crippen LogP contribution in [0.4, 0.5) is 16.3 Å². The van der Waals surface area contributed by atoms with E-state index in [9.17, 15) is 14.6 Å². The minimum atomic E-state index is -1.35. The maximum absolute atomic E-state index is 12.8. The van der Waals surface area contributed by atoms with E-state index in [4.69, 9.17) is 14.7 Å². The summed E-state index contributed by atoms with van der Waals surface area (Å²) in [6.45, 7) is 12.6. The zero-order chi connectivity index (χ0) is 26.9. The van der Waals surface area contributed by atoms with Crippen molar-refractivity contribution in [2.45, 2.75) is 70.8 Å². The number of anilines is 2. The molecule has 1 fully saturated rings. The van der Waals surface area contributed by atoms with Gasteiger partial charge < -0.3 is 24.0 Å². The van der Waals surface area contributed by atoms with Crippen LogP contribution in [0.5, 0.6) is 0 Å². The summed E-state index contributed by atoms with van der Waals surface area (Å²) in [6.07, 6.45) is 2.13. The van der Waals surface area contributed by atoms with E-state index in [1.807, 2.05) is 20.8 Å². The molecule has 3 heterocycles. The number of nitrogens with zero attached hydrogens (tertiary/aromatic N) is 6. The number of fused-ring (bicyclic) bond motifs is 1. The molecule has 37 heavy (non-hydrogen) atoms. The number of nitriles is 1. The molecule has 2 aliphatic heterocycles. The zero-order valence-electron chi connectivity index (χ0n) is 22.6. The molecule has 1 saturated heterocycles. The molecule has 1 amide bonds. The van der Waals surface area contributed by atoms with Crippen molar-refractivity contribution in [1.29, 1.82) is 5.26 Å². The van der Waals surface area contributed by atoms with E-state index in [-0.39, 0.29) is 12.5 Å². The van der Waals surface area contributed by atoms with E-state index in [1.165, 1.54) is 16.8 Å². The molecular weight excluding hydrogens is 488 g/mol. The molecule has 0 spiro atoms. The first-order valence-electron chi connectivity index (χ1n) is 12.6. The average Bonchev–Trinajstić information content (AvgIpc) is 2.83. The van der Waals surface area contributed by atoms with Crippen molar-refractivity contribution in [1.82, 2.24) is 14.9 Å². The van der Waals surface area contributed by atoms with Crippen molar-refractivity contribution in [3.8, 4) is 6.07 Å². The Hall–Kier alpha value is -3.03. The Morgan fingerprint density at radius 3 is 2.65 bits per heavy atom. The third-order valence-corrected chi connectivity index (χ3v) is 7.63. The first kappa shape index (κ1) is 27.0. The first-order chi connectivity index (χ1) is 17.5. The average molecular weight is 525 g/mol. The molecule has 0 radical (unpaired) electrons. The summed E-state index contributed by atoms with van der Waals surface area (Å²) < 4.78 is 18.1. The first-order valence-corrected chi connectivity index (χ1v) is 14.2. The van der Waals surface area contributed by atoms with Gasteiger partial charge in [0.25, 0.3) is 0 Å². The lowest BCUT2D eigenvalue weighted by atomic mass is 10.0. The molecule has 2 atom stereocenters. The van der Waals surface area contributed by atoms with Gasteiger partial charge in [-0.25, -0.2) is 4.79 Å². The third kappa shape index (κ3) is 5.94. The number of hydrogen-bond donors (Lipinski definition) is 0. The molecule has 2 aromatic rings. The van der Waals surface area contributed by atoms with Gasteiger partial charge in [0.15, 0.2) is 0 Å². The van der Waals surface area contributed by atoms with E-state index < -0.39 is 22.9 Å². The molecule has 0 bridgehead atoms. The summed E-state index contributed by atoms with van der Waals surface area (Å²) in [5, 5.41) is 9.79. The Bertz CT molecular complexity index is 1210. The topological polar surface area (TPSA) is 109 Å². The fourth-order valence-corrected chi connectivity index (χ4v) is 5.40. The predicted molar refractivity (Wildman–Crippen MR) is 144 cm³/mol. The standard InChI is InChI=1S/C27H36N6O3S/c1-18-8-7-9-23(19(18)2)31-13-11-21-22(17-31)29-25(37(6)35)30-24(21)32-14-15-33(20(16-32)10-12-28)26(34)36-27(3,4)5/h7-9,20H,10-11,13-17H2,1-6H3/t20-,37?/m0/s1.